The van der Waals surface area contributed by atoms with E-state index in [0.29, 0.717) is 11.8 Å². The fourth-order valence-corrected chi connectivity index (χ4v) is 2.28. The van der Waals surface area contributed by atoms with Crippen LogP contribution in [0.25, 0.3) is 5.57 Å². The summed E-state index contributed by atoms with van der Waals surface area (Å²) in [6, 6.07) is 6.26. The maximum absolute atomic E-state index is 12.3. The highest BCUT2D eigenvalue weighted by Gasteiger charge is 2.14. The second-order valence-corrected chi connectivity index (χ2v) is 6.72. The molecule has 0 fully saturated rings. The Balaban J connectivity index is 3.27. The first kappa shape index (κ1) is 16.7. The number of Topliss-reactive ketones (excluding diaryl/α,β-unsaturated/α-hetero) is 1. The third-order valence-electron chi connectivity index (χ3n) is 3.51. The molecule has 1 aromatic rings. The molecule has 0 heterocycles. The van der Waals surface area contributed by atoms with Crippen molar-refractivity contribution in [3.05, 3.63) is 41.5 Å². The molecule has 0 N–H and O–H groups in total. The van der Waals surface area contributed by atoms with Crippen molar-refractivity contribution in [3.8, 4) is 0 Å². The Morgan fingerprint density at radius 3 is 1.95 bits per heavy atom. The van der Waals surface area contributed by atoms with E-state index in [1.807, 2.05) is 19.9 Å². The van der Waals surface area contributed by atoms with Crippen molar-refractivity contribution in [2.24, 2.45) is 17.8 Å². The number of hydrogen-bond acceptors (Lipinski definition) is 1. The van der Waals surface area contributed by atoms with E-state index in [0.717, 1.165) is 23.1 Å². The lowest BCUT2D eigenvalue weighted by Crippen LogP contribution is -2.09. The first-order valence-electron chi connectivity index (χ1n) is 7.59. The molecule has 1 aromatic carbocycles. The molecule has 0 saturated carbocycles. The SMILES string of the molecule is C=C(c1cc(CC(C)C)cc(C(=O)C(C)C)c1)C(C)C. The van der Waals surface area contributed by atoms with Crippen LogP contribution in [0.3, 0.4) is 0 Å². The zero-order chi connectivity index (χ0) is 15.4. The zero-order valence-electron chi connectivity index (χ0n) is 13.8. The van der Waals surface area contributed by atoms with Crippen molar-refractivity contribution in [1.29, 1.82) is 0 Å². The van der Waals surface area contributed by atoms with Gasteiger partial charge < -0.3 is 0 Å². The summed E-state index contributed by atoms with van der Waals surface area (Å²) in [6.45, 7) is 16.8. The first-order valence-corrected chi connectivity index (χ1v) is 7.59. The van der Waals surface area contributed by atoms with E-state index in [9.17, 15) is 4.79 Å². The second kappa shape index (κ2) is 6.88. The van der Waals surface area contributed by atoms with Crippen molar-refractivity contribution in [2.75, 3.05) is 0 Å². The average Bonchev–Trinajstić information content (AvgIpc) is 2.35. The minimum atomic E-state index is 0.0319. The molecule has 0 aliphatic rings. The van der Waals surface area contributed by atoms with Crippen LogP contribution < -0.4 is 0 Å². The lowest BCUT2D eigenvalue weighted by molar-refractivity contribution is 0.0939. The Labute approximate surface area is 124 Å². The van der Waals surface area contributed by atoms with Gasteiger partial charge >= 0.3 is 0 Å². The summed E-state index contributed by atoms with van der Waals surface area (Å²) >= 11 is 0. The summed E-state index contributed by atoms with van der Waals surface area (Å²) in [4.78, 5) is 12.3. The van der Waals surface area contributed by atoms with E-state index >= 15 is 0 Å². The largest absolute Gasteiger partial charge is 0.294 e. The highest BCUT2D eigenvalue weighted by molar-refractivity contribution is 5.98. The standard InChI is InChI=1S/C19H28O/c1-12(2)8-16-9-17(15(7)13(3)4)11-18(10-16)19(20)14(5)6/h9-14H,7-8H2,1-6H3. The first-order chi connectivity index (χ1) is 9.22. The van der Waals surface area contributed by atoms with E-state index in [-0.39, 0.29) is 11.7 Å². The molecule has 0 aliphatic heterocycles. The number of allylic oxidation sites excluding steroid dienone is 1. The summed E-state index contributed by atoms with van der Waals surface area (Å²) in [5.74, 6) is 1.23. The molecule has 0 atom stereocenters. The van der Waals surface area contributed by atoms with Gasteiger partial charge in [-0.05, 0) is 47.1 Å². The Bertz CT molecular complexity index is 454. The molecule has 20 heavy (non-hydrogen) atoms. The van der Waals surface area contributed by atoms with E-state index < -0.39 is 0 Å². The molecule has 0 spiro atoms. The van der Waals surface area contributed by atoms with Gasteiger partial charge in [-0.25, -0.2) is 0 Å². The van der Waals surface area contributed by atoms with Crippen molar-refractivity contribution < 1.29 is 4.79 Å². The van der Waals surface area contributed by atoms with Gasteiger partial charge in [0.05, 0.1) is 0 Å². The molecular formula is C19H28O. The number of hydrogen-bond donors (Lipinski definition) is 0. The van der Waals surface area contributed by atoms with Crippen LogP contribution >= 0.6 is 0 Å². The van der Waals surface area contributed by atoms with Gasteiger partial charge in [-0.3, -0.25) is 4.79 Å². The highest BCUT2D eigenvalue weighted by Crippen LogP contribution is 2.25. The van der Waals surface area contributed by atoms with Gasteiger partial charge in [0.1, 0.15) is 0 Å². The third-order valence-corrected chi connectivity index (χ3v) is 3.51. The van der Waals surface area contributed by atoms with Crippen molar-refractivity contribution in [2.45, 2.75) is 48.0 Å². The summed E-state index contributed by atoms with van der Waals surface area (Å²) in [5.41, 5.74) is 4.29. The van der Waals surface area contributed by atoms with Gasteiger partial charge in [-0.1, -0.05) is 54.2 Å². The molecule has 1 nitrogen and oxygen atoms in total. The molecule has 0 radical (unpaired) electrons. The quantitative estimate of drug-likeness (QED) is 0.634. The number of ketones is 1. The minimum absolute atomic E-state index is 0.0319. The Morgan fingerprint density at radius 1 is 0.950 bits per heavy atom. The van der Waals surface area contributed by atoms with Crippen LogP contribution in [-0.4, -0.2) is 5.78 Å². The lowest BCUT2D eigenvalue weighted by atomic mass is 9.89. The maximum atomic E-state index is 12.3. The summed E-state index contributed by atoms with van der Waals surface area (Å²) in [7, 11) is 0. The molecule has 0 saturated heterocycles. The van der Waals surface area contributed by atoms with Crippen molar-refractivity contribution in [3.63, 3.8) is 0 Å². The molecular weight excluding hydrogens is 244 g/mol. The van der Waals surface area contributed by atoms with Crippen LogP contribution in [0, 0.1) is 17.8 Å². The Hall–Kier alpha value is -1.37. The number of benzene rings is 1. The minimum Gasteiger partial charge on any atom is -0.294 e. The lowest BCUT2D eigenvalue weighted by Gasteiger charge is -2.15. The highest BCUT2D eigenvalue weighted by atomic mass is 16.1. The molecule has 110 valence electrons. The summed E-state index contributed by atoms with van der Waals surface area (Å²) < 4.78 is 0. The molecule has 0 aromatic heterocycles. The number of carbonyl (C=O) groups is 1. The van der Waals surface area contributed by atoms with Crippen LogP contribution in [0.2, 0.25) is 0 Å². The van der Waals surface area contributed by atoms with E-state index in [4.69, 9.17) is 0 Å². The van der Waals surface area contributed by atoms with Gasteiger partial charge in [0.15, 0.2) is 5.78 Å². The number of rotatable bonds is 6. The smallest absolute Gasteiger partial charge is 0.165 e. The normalized spacial score (nSPS) is 11.4. The van der Waals surface area contributed by atoms with Crippen LogP contribution in [0.5, 0.6) is 0 Å². The van der Waals surface area contributed by atoms with Crippen LogP contribution in [0.15, 0.2) is 24.8 Å². The summed E-state index contributed by atoms with van der Waals surface area (Å²) in [6.07, 6.45) is 0.998. The fraction of sp³-hybridized carbons (Fsp3) is 0.526. The molecule has 0 amide bonds. The van der Waals surface area contributed by atoms with Gasteiger partial charge in [0.2, 0.25) is 0 Å². The second-order valence-electron chi connectivity index (χ2n) is 6.72. The van der Waals surface area contributed by atoms with Crippen LogP contribution in [-0.2, 0) is 6.42 Å². The van der Waals surface area contributed by atoms with E-state index in [2.05, 4.69) is 46.4 Å². The molecule has 0 bridgehead atoms. The topological polar surface area (TPSA) is 17.1 Å². The van der Waals surface area contributed by atoms with Gasteiger partial charge in [-0.2, -0.15) is 0 Å². The maximum Gasteiger partial charge on any atom is 0.165 e. The van der Waals surface area contributed by atoms with Crippen molar-refractivity contribution >= 4 is 11.4 Å². The Morgan fingerprint density at radius 2 is 1.50 bits per heavy atom. The van der Waals surface area contributed by atoms with E-state index in [1.54, 1.807) is 0 Å². The predicted molar refractivity (Wildman–Crippen MR) is 88.0 cm³/mol. The average molecular weight is 272 g/mol. The zero-order valence-corrected chi connectivity index (χ0v) is 13.8. The van der Waals surface area contributed by atoms with Crippen molar-refractivity contribution in [1.82, 2.24) is 0 Å². The monoisotopic (exact) mass is 272 g/mol. The fourth-order valence-electron chi connectivity index (χ4n) is 2.28. The predicted octanol–water partition coefficient (Wildman–Crippen LogP) is 5.39. The molecule has 1 heteroatoms. The molecule has 0 aliphatic carbocycles. The molecule has 1 rings (SSSR count). The van der Waals surface area contributed by atoms with E-state index in [1.165, 1.54) is 5.56 Å². The number of carbonyl (C=O) groups excluding carboxylic acids is 1. The van der Waals surface area contributed by atoms with Crippen LogP contribution in [0.1, 0.15) is 63.0 Å². The van der Waals surface area contributed by atoms with Gasteiger partial charge in [0, 0.05) is 11.5 Å². The van der Waals surface area contributed by atoms with Crippen LogP contribution in [0.4, 0.5) is 0 Å². The molecule has 0 unspecified atom stereocenters. The Kier molecular flexibility index (Phi) is 5.74. The van der Waals surface area contributed by atoms with Gasteiger partial charge in [0.25, 0.3) is 0 Å². The summed E-state index contributed by atoms with van der Waals surface area (Å²) in [5, 5.41) is 0. The van der Waals surface area contributed by atoms with Gasteiger partial charge in [-0.15, -0.1) is 0 Å². The third kappa shape index (κ3) is 4.33.